The molecule has 1 aromatic heterocycles. The molecule has 5 nitrogen and oxygen atoms in total. The minimum Gasteiger partial charge on any atom is -0.481 e. The Bertz CT molecular complexity index is 580. The van der Waals surface area contributed by atoms with Gasteiger partial charge < -0.3 is 9.84 Å². The summed E-state index contributed by atoms with van der Waals surface area (Å²) in [5, 5.41) is 12.7. The summed E-state index contributed by atoms with van der Waals surface area (Å²) in [4.78, 5) is 10.7. The second-order valence-corrected chi connectivity index (χ2v) is 3.61. The maximum atomic E-state index is 13.6. The number of benzene rings is 1. The molecule has 0 radical (unpaired) electrons. The molecule has 0 fully saturated rings. The number of nitrogens with zero attached hydrogens (tertiary/aromatic N) is 2. The maximum absolute atomic E-state index is 13.6. The van der Waals surface area contributed by atoms with E-state index in [1.165, 1.54) is 30.1 Å². The number of carboxylic acid groups (broad SMARTS) is 1. The average molecular weight is 250 g/mol. The first-order chi connectivity index (χ1) is 8.63. The first kappa shape index (κ1) is 12.1. The fourth-order valence-electron chi connectivity index (χ4n) is 1.67. The highest BCUT2D eigenvalue weighted by Crippen LogP contribution is 2.24. The van der Waals surface area contributed by atoms with Gasteiger partial charge in [0.15, 0.2) is 0 Å². The number of rotatable bonds is 4. The van der Waals surface area contributed by atoms with Crippen molar-refractivity contribution in [3.8, 4) is 11.6 Å². The number of methoxy groups -OCH3 is 1. The lowest BCUT2D eigenvalue weighted by atomic mass is 10.2. The van der Waals surface area contributed by atoms with E-state index in [4.69, 9.17) is 9.84 Å². The number of carbonyl (C=O) groups is 1. The van der Waals surface area contributed by atoms with E-state index in [2.05, 4.69) is 5.10 Å². The van der Waals surface area contributed by atoms with E-state index in [0.29, 0.717) is 5.56 Å². The Morgan fingerprint density at radius 3 is 2.83 bits per heavy atom. The molecule has 6 heteroatoms. The summed E-state index contributed by atoms with van der Waals surface area (Å²) in [6, 6.07) is 6.06. The van der Waals surface area contributed by atoms with Crippen LogP contribution in [0, 0.1) is 5.82 Å². The smallest absolute Gasteiger partial charge is 0.308 e. The number of aromatic nitrogens is 2. The van der Waals surface area contributed by atoms with Gasteiger partial charge in [0.25, 0.3) is 0 Å². The van der Waals surface area contributed by atoms with Gasteiger partial charge in [-0.05, 0) is 12.1 Å². The van der Waals surface area contributed by atoms with Crippen molar-refractivity contribution in [1.82, 2.24) is 9.78 Å². The van der Waals surface area contributed by atoms with E-state index in [0.717, 1.165) is 0 Å². The van der Waals surface area contributed by atoms with Gasteiger partial charge in [-0.1, -0.05) is 12.1 Å². The predicted molar refractivity (Wildman–Crippen MR) is 61.4 cm³/mol. The van der Waals surface area contributed by atoms with Gasteiger partial charge in [-0.2, -0.15) is 9.78 Å². The van der Waals surface area contributed by atoms with Crippen LogP contribution in [-0.4, -0.2) is 28.0 Å². The predicted octanol–water partition coefficient (Wildman–Crippen LogP) is 1.65. The van der Waals surface area contributed by atoms with Crippen LogP contribution in [0.2, 0.25) is 0 Å². The number of aliphatic carboxylic acids is 1. The number of carboxylic acids is 1. The van der Waals surface area contributed by atoms with E-state index in [1.807, 2.05) is 0 Å². The number of ether oxygens (including phenoxy) is 1. The number of hydrogen-bond donors (Lipinski definition) is 1. The van der Waals surface area contributed by atoms with Crippen molar-refractivity contribution in [2.75, 3.05) is 7.11 Å². The zero-order valence-electron chi connectivity index (χ0n) is 9.63. The van der Waals surface area contributed by atoms with E-state index >= 15 is 0 Å². The third kappa shape index (κ3) is 2.17. The van der Waals surface area contributed by atoms with Crippen molar-refractivity contribution >= 4 is 5.97 Å². The minimum absolute atomic E-state index is 0.214. The molecule has 0 aliphatic heterocycles. The first-order valence-corrected chi connectivity index (χ1v) is 5.21. The van der Waals surface area contributed by atoms with Gasteiger partial charge in [0.2, 0.25) is 5.88 Å². The van der Waals surface area contributed by atoms with Gasteiger partial charge >= 0.3 is 5.97 Å². The Morgan fingerprint density at radius 2 is 2.22 bits per heavy atom. The minimum atomic E-state index is -0.999. The topological polar surface area (TPSA) is 64.3 Å². The molecule has 1 heterocycles. The number of hydrogen-bond acceptors (Lipinski definition) is 3. The van der Waals surface area contributed by atoms with Crippen molar-refractivity contribution in [2.45, 2.75) is 6.42 Å². The van der Waals surface area contributed by atoms with Crippen LogP contribution >= 0.6 is 0 Å². The lowest BCUT2D eigenvalue weighted by molar-refractivity contribution is -0.136. The lowest BCUT2D eigenvalue weighted by Gasteiger charge is -2.08. The zero-order chi connectivity index (χ0) is 13.1. The highest BCUT2D eigenvalue weighted by Gasteiger charge is 2.17. The Balaban J connectivity index is 2.49. The highest BCUT2D eigenvalue weighted by atomic mass is 19.1. The van der Waals surface area contributed by atoms with Crippen molar-refractivity contribution in [1.29, 1.82) is 0 Å². The molecule has 2 rings (SSSR count). The van der Waals surface area contributed by atoms with Crippen molar-refractivity contribution < 1.29 is 19.0 Å². The summed E-state index contributed by atoms with van der Waals surface area (Å²) in [5.41, 5.74) is 0.610. The molecular weight excluding hydrogens is 239 g/mol. The van der Waals surface area contributed by atoms with Gasteiger partial charge in [0, 0.05) is 5.56 Å². The van der Waals surface area contributed by atoms with Gasteiger partial charge in [-0.25, -0.2) is 4.39 Å². The average Bonchev–Trinajstić information content (AvgIpc) is 2.71. The van der Waals surface area contributed by atoms with Crippen molar-refractivity contribution in [3.63, 3.8) is 0 Å². The van der Waals surface area contributed by atoms with Crippen molar-refractivity contribution in [2.24, 2.45) is 0 Å². The first-order valence-electron chi connectivity index (χ1n) is 5.21. The molecule has 0 amide bonds. The molecule has 0 saturated carbocycles. The SMILES string of the molecule is COc1c(CC(=O)O)cnn1-c1ccccc1F. The third-order valence-corrected chi connectivity index (χ3v) is 2.41. The summed E-state index contributed by atoms with van der Waals surface area (Å²) in [5.74, 6) is -1.23. The van der Waals surface area contributed by atoms with Crippen LogP contribution in [0.3, 0.4) is 0 Å². The molecule has 0 aliphatic rings. The fourth-order valence-corrected chi connectivity index (χ4v) is 1.67. The summed E-state index contributed by atoms with van der Waals surface area (Å²) < 4.78 is 20.0. The normalized spacial score (nSPS) is 10.3. The van der Waals surface area contributed by atoms with Crippen LogP contribution < -0.4 is 4.74 Å². The molecule has 2 aromatic rings. The summed E-state index contributed by atoms with van der Waals surface area (Å²) in [6.45, 7) is 0. The Morgan fingerprint density at radius 1 is 1.50 bits per heavy atom. The van der Waals surface area contributed by atoms with Crippen LogP contribution in [0.1, 0.15) is 5.56 Å². The molecule has 0 aliphatic carbocycles. The Hall–Kier alpha value is -2.37. The summed E-state index contributed by atoms with van der Waals surface area (Å²) in [7, 11) is 1.39. The zero-order valence-corrected chi connectivity index (χ0v) is 9.63. The third-order valence-electron chi connectivity index (χ3n) is 2.41. The molecule has 0 bridgehead atoms. The molecule has 0 atom stereocenters. The van der Waals surface area contributed by atoms with Crippen molar-refractivity contribution in [3.05, 3.63) is 41.8 Å². The Labute approximate surface area is 102 Å². The molecule has 18 heavy (non-hydrogen) atoms. The lowest BCUT2D eigenvalue weighted by Crippen LogP contribution is -2.05. The van der Waals surface area contributed by atoms with E-state index < -0.39 is 11.8 Å². The maximum Gasteiger partial charge on any atom is 0.308 e. The molecule has 94 valence electrons. The van der Waals surface area contributed by atoms with Gasteiger partial charge in [-0.3, -0.25) is 4.79 Å². The van der Waals surface area contributed by atoms with Gasteiger partial charge in [0.1, 0.15) is 11.5 Å². The van der Waals surface area contributed by atoms with E-state index in [9.17, 15) is 9.18 Å². The summed E-state index contributed by atoms with van der Waals surface area (Å²) >= 11 is 0. The monoisotopic (exact) mass is 250 g/mol. The highest BCUT2D eigenvalue weighted by molar-refractivity contribution is 5.71. The molecule has 0 saturated heterocycles. The fraction of sp³-hybridized carbons (Fsp3) is 0.167. The standard InChI is InChI=1S/C12H11FN2O3/c1-18-12-8(6-11(16)17)7-14-15(12)10-5-3-2-4-9(10)13/h2-5,7H,6H2,1H3,(H,16,17). The molecule has 0 unspecified atom stereocenters. The van der Waals surface area contributed by atoms with Gasteiger partial charge in [0.05, 0.1) is 19.7 Å². The molecule has 1 aromatic carbocycles. The van der Waals surface area contributed by atoms with Crippen LogP contribution in [0.4, 0.5) is 4.39 Å². The van der Waals surface area contributed by atoms with Crippen LogP contribution in [0.25, 0.3) is 5.69 Å². The number of halogens is 1. The second-order valence-electron chi connectivity index (χ2n) is 3.61. The van der Waals surface area contributed by atoms with Crippen LogP contribution in [-0.2, 0) is 11.2 Å². The van der Waals surface area contributed by atoms with Crippen LogP contribution in [0.5, 0.6) is 5.88 Å². The largest absolute Gasteiger partial charge is 0.481 e. The number of para-hydroxylation sites is 1. The molecule has 0 spiro atoms. The van der Waals surface area contributed by atoms with E-state index in [1.54, 1.807) is 12.1 Å². The second kappa shape index (κ2) is 4.87. The molecular formula is C12H11FN2O3. The quantitative estimate of drug-likeness (QED) is 0.896. The van der Waals surface area contributed by atoms with E-state index in [-0.39, 0.29) is 18.0 Å². The Kier molecular flexibility index (Phi) is 3.27. The summed E-state index contributed by atoms with van der Waals surface area (Å²) in [6.07, 6.45) is 1.14. The molecule has 1 N–H and O–H groups in total. The van der Waals surface area contributed by atoms with Crippen LogP contribution in [0.15, 0.2) is 30.5 Å². The van der Waals surface area contributed by atoms with Gasteiger partial charge in [-0.15, -0.1) is 0 Å².